The highest BCUT2D eigenvalue weighted by atomic mass is 32.2. The molecule has 2 aromatic carbocycles. The van der Waals surface area contributed by atoms with Crippen molar-refractivity contribution in [2.75, 3.05) is 23.9 Å². The number of hydrogen-bond donors (Lipinski definition) is 0. The SMILES string of the molecule is Cn1cc(S(=O)(=O)N2CCc3ccccc32)cc1C(=O)N1CCC(Cc2ccccc2)CC1. The van der Waals surface area contributed by atoms with Gasteiger partial charge in [0, 0.05) is 32.9 Å². The van der Waals surface area contributed by atoms with Crippen LogP contribution in [0.1, 0.15) is 34.5 Å². The fourth-order valence-corrected chi connectivity index (χ4v) is 6.60. The summed E-state index contributed by atoms with van der Waals surface area (Å²) < 4.78 is 29.8. The maximum Gasteiger partial charge on any atom is 0.270 e. The van der Waals surface area contributed by atoms with Crippen LogP contribution in [0, 0.1) is 5.92 Å². The van der Waals surface area contributed by atoms with Gasteiger partial charge >= 0.3 is 0 Å². The third kappa shape index (κ3) is 4.17. The topological polar surface area (TPSA) is 62.6 Å². The van der Waals surface area contributed by atoms with Gasteiger partial charge in [-0.15, -0.1) is 0 Å². The van der Waals surface area contributed by atoms with Crippen LogP contribution >= 0.6 is 0 Å². The summed E-state index contributed by atoms with van der Waals surface area (Å²) in [5.41, 5.74) is 3.52. The third-order valence-electron chi connectivity index (χ3n) is 6.90. The lowest BCUT2D eigenvalue weighted by Crippen LogP contribution is -2.39. The van der Waals surface area contributed by atoms with Crippen LogP contribution < -0.4 is 4.31 Å². The van der Waals surface area contributed by atoms with E-state index in [1.165, 1.54) is 15.9 Å². The number of rotatable bonds is 5. The average molecular weight is 464 g/mol. The number of benzene rings is 2. The molecule has 5 rings (SSSR count). The molecule has 0 bridgehead atoms. The predicted octanol–water partition coefficient (Wildman–Crippen LogP) is 3.87. The number of piperidine rings is 1. The van der Waals surface area contributed by atoms with Crippen LogP contribution in [0.5, 0.6) is 0 Å². The second-order valence-corrected chi connectivity index (χ2v) is 10.9. The predicted molar refractivity (Wildman–Crippen MR) is 129 cm³/mol. The molecule has 0 atom stereocenters. The molecule has 0 N–H and O–H groups in total. The fourth-order valence-electron chi connectivity index (χ4n) is 5.02. The summed E-state index contributed by atoms with van der Waals surface area (Å²) >= 11 is 0. The molecule has 0 saturated carbocycles. The highest BCUT2D eigenvalue weighted by Crippen LogP contribution is 2.33. The summed E-state index contributed by atoms with van der Waals surface area (Å²) in [6.45, 7) is 1.82. The van der Waals surface area contributed by atoms with E-state index in [0.717, 1.165) is 30.5 Å². The minimum atomic E-state index is -3.72. The Labute approximate surface area is 195 Å². The van der Waals surface area contributed by atoms with Gasteiger partial charge in [0.25, 0.3) is 15.9 Å². The van der Waals surface area contributed by atoms with Crippen molar-refractivity contribution in [1.82, 2.24) is 9.47 Å². The molecule has 1 amide bonds. The fraction of sp³-hybridized carbons (Fsp3) is 0.346. The normalized spacial score (nSPS) is 16.8. The molecule has 1 saturated heterocycles. The molecule has 3 aromatic rings. The van der Waals surface area contributed by atoms with E-state index in [1.54, 1.807) is 17.8 Å². The van der Waals surface area contributed by atoms with Gasteiger partial charge in [-0.2, -0.15) is 0 Å². The van der Waals surface area contributed by atoms with Crippen LogP contribution in [0.15, 0.2) is 71.8 Å². The van der Waals surface area contributed by atoms with E-state index in [2.05, 4.69) is 24.3 Å². The molecule has 2 aliphatic rings. The minimum Gasteiger partial charge on any atom is -0.345 e. The van der Waals surface area contributed by atoms with Crippen LogP contribution in [0.3, 0.4) is 0 Å². The Morgan fingerprint density at radius 2 is 1.67 bits per heavy atom. The van der Waals surface area contributed by atoms with Crippen LogP contribution in [-0.2, 0) is 29.9 Å². The summed E-state index contributed by atoms with van der Waals surface area (Å²) in [4.78, 5) is 15.3. The first-order chi connectivity index (χ1) is 15.9. The number of aryl methyl sites for hydroxylation is 1. The van der Waals surface area contributed by atoms with Gasteiger partial charge in [0.05, 0.1) is 5.69 Å². The highest BCUT2D eigenvalue weighted by molar-refractivity contribution is 7.92. The van der Waals surface area contributed by atoms with Crippen molar-refractivity contribution >= 4 is 21.6 Å². The Morgan fingerprint density at radius 1 is 0.970 bits per heavy atom. The number of anilines is 1. The standard InChI is InChI=1S/C26H29N3O3S/c1-27-19-23(33(31,32)29-16-13-22-9-5-6-10-24(22)29)18-25(27)26(30)28-14-11-21(12-15-28)17-20-7-3-2-4-8-20/h2-10,18-19,21H,11-17H2,1H3. The number of carbonyl (C=O) groups is 1. The summed E-state index contributed by atoms with van der Waals surface area (Å²) in [5, 5.41) is 0. The summed E-state index contributed by atoms with van der Waals surface area (Å²) in [6, 6.07) is 19.6. The number of para-hydroxylation sites is 1. The quantitative estimate of drug-likeness (QED) is 0.577. The summed E-state index contributed by atoms with van der Waals surface area (Å²) in [6.07, 6.45) is 5.21. The molecule has 0 unspecified atom stereocenters. The van der Waals surface area contributed by atoms with Crippen molar-refractivity contribution in [3.05, 3.63) is 83.7 Å². The lowest BCUT2D eigenvalue weighted by atomic mass is 9.90. The summed E-state index contributed by atoms with van der Waals surface area (Å²) in [7, 11) is -1.98. The van der Waals surface area contributed by atoms with Gasteiger partial charge in [0.2, 0.25) is 0 Å². The second kappa shape index (κ2) is 8.71. The molecular formula is C26H29N3O3S. The zero-order valence-electron chi connectivity index (χ0n) is 18.9. The molecular weight excluding hydrogens is 434 g/mol. The Hall–Kier alpha value is -3.06. The molecule has 172 valence electrons. The number of amides is 1. The Morgan fingerprint density at radius 3 is 2.42 bits per heavy atom. The molecule has 2 aliphatic heterocycles. The van der Waals surface area contributed by atoms with Crippen molar-refractivity contribution in [1.29, 1.82) is 0 Å². The lowest BCUT2D eigenvalue weighted by molar-refractivity contribution is 0.0681. The van der Waals surface area contributed by atoms with Crippen LogP contribution in [0.25, 0.3) is 0 Å². The molecule has 0 aliphatic carbocycles. The Kier molecular flexibility index (Phi) is 5.74. The zero-order valence-corrected chi connectivity index (χ0v) is 19.7. The molecule has 6 nitrogen and oxygen atoms in total. The van der Waals surface area contributed by atoms with Crippen LogP contribution in [0.2, 0.25) is 0 Å². The third-order valence-corrected chi connectivity index (χ3v) is 8.68. The van der Waals surface area contributed by atoms with E-state index in [0.29, 0.717) is 37.7 Å². The smallest absolute Gasteiger partial charge is 0.270 e. The molecule has 7 heteroatoms. The second-order valence-electron chi connectivity index (χ2n) is 9.05. The maximum absolute atomic E-state index is 13.4. The van der Waals surface area contributed by atoms with Crippen LogP contribution in [0.4, 0.5) is 5.69 Å². The number of likely N-dealkylation sites (tertiary alicyclic amines) is 1. The van der Waals surface area contributed by atoms with E-state index in [1.807, 2.05) is 35.2 Å². The number of fused-ring (bicyclic) bond motifs is 1. The molecule has 0 spiro atoms. The number of hydrogen-bond acceptors (Lipinski definition) is 3. The van der Waals surface area contributed by atoms with Gasteiger partial charge in [0.15, 0.2) is 0 Å². The monoisotopic (exact) mass is 463 g/mol. The number of sulfonamides is 1. The molecule has 33 heavy (non-hydrogen) atoms. The highest BCUT2D eigenvalue weighted by Gasteiger charge is 2.33. The van der Waals surface area contributed by atoms with E-state index in [-0.39, 0.29) is 10.8 Å². The average Bonchev–Trinajstić information content (AvgIpc) is 3.44. The van der Waals surface area contributed by atoms with Gasteiger partial charge in [-0.3, -0.25) is 9.10 Å². The number of nitrogens with zero attached hydrogens (tertiary/aromatic N) is 3. The Balaban J connectivity index is 1.29. The van der Waals surface area contributed by atoms with Crippen LogP contribution in [-0.4, -0.2) is 43.4 Å². The van der Waals surface area contributed by atoms with Gasteiger partial charge in [-0.1, -0.05) is 48.5 Å². The number of carbonyl (C=O) groups excluding carboxylic acids is 1. The van der Waals surface area contributed by atoms with Crippen molar-refractivity contribution in [3.8, 4) is 0 Å². The molecule has 0 radical (unpaired) electrons. The zero-order chi connectivity index (χ0) is 23.0. The first kappa shape index (κ1) is 21.8. The van der Waals surface area contributed by atoms with Gasteiger partial charge in [0.1, 0.15) is 10.6 Å². The van der Waals surface area contributed by atoms with Gasteiger partial charge in [-0.05, 0) is 54.9 Å². The van der Waals surface area contributed by atoms with Crippen molar-refractivity contribution < 1.29 is 13.2 Å². The minimum absolute atomic E-state index is 0.0982. The molecule has 1 fully saturated rings. The maximum atomic E-state index is 13.4. The van der Waals surface area contributed by atoms with E-state index < -0.39 is 10.0 Å². The van der Waals surface area contributed by atoms with Crippen molar-refractivity contribution in [2.24, 2.45) is 13.0 Å². The van der Waals surface area contributed by atoms with Gasteiger partial charge < -0.3 is 9.47 Å². The van der Waals surface area contributed by atoms with Crippen molar-refractivity contribution in [3.63, 3.8) is 0 Å². The van der Waals surface area contributed by atoms with E-state index in [9.17, 15) is 13.2 Å². The first-order valence-electron chi connectivity index (χ1n) is 11.5. The van der Waals surface area contributed by atoms with E-state index in [4.69, 9.17) is 0 Å². The first-order valence-corrected chi connectivity index (χ1v) is 13.0. The molecule has 3 heterocycles. The van der Waals surface area contributed by atoms with E-state index >= 15 is 0 Å². The Bertz CT molecular complexity index is 1260. The summed E-state index contributed by atoms with van der Waals surface area (Å²) in [5.74, 6) is 0.468. The number of aromatic nitrogens is 1. The molecule has 1 aromatic heterocycles. The lowest BCUT2D eigenvalue weighted by Gasteiger charge is -2.32. The van der Waals surface area contributed by atoms with Crippen molar-refractivity contribution in [2.45, 2.75) is 30.6 Å². The van der Waals surface area contributed by atoms with Gasteiger partial charge in [-0.25, -0.2) is 8.42 Å². The largest absolute Gasteiger partial charge is 0.345 e.